The molecule has 0 aliphatic rings. The second kappa shape index (κ2) is 15.9. The number of nitrogens with one attached hydrogen (secondary N) is 2. The van der Waals surface area contributed by atoms with Crippen molar-refractivity contribution in [3.63, 3.8) is 0 Å². The van der Waals surface area contributed by atoms with Crippen molar-refractivity contribution in [2.75, 3.05) is 11.9 Å². The molecule has 7 heteroatoms. The van der Waals surface area contributed by atoms with Gasteiger partial charge in [-0.25, -0.2) is 9.78 Å². The van der Waals surface area contributed by atoms with Crippen molar-refractivity contribution < 1.29 is 13.9 Å². The van der Waals surface area contributed by atoms with Gasteiger partial charge < -0.3 is 19.8 Å². The summed E-state index contributed by atoms with van der Waals surface area (Å²) in [6.07, 6.45) is 8.08. The monoisotopic (exact) mass is 538 g/mol. The second-order valence-electron chi connectivity index (χ2n) is 9.32. The number of nitrogens with zero attached hydrogens (tertiary/aromatic N) is 2. The molecule has 0 amide bonds. The number of carbonyl (C=O) groups is 1. The minimum atomic E-state index is -0.644. The third kappa shape index (κ3) is 8.29. The SMILES string of the molecule is C=C/C(C#N)=C(\C=C/C)c1nc(CNC[C@H](OC(=O)[C@H](Nc2ccccc2)c2ccccc2)C(CC)CC)co1. The smallest absolute Gasteiger partial charge is 0.333 e. The van der Waals surface area contributed by atoms with E-state index >= 15 is 0 Å². The van der Waals surface area contributed by atoms with Crippen LogP contribution in [0.5, 0.6) is 0 Å². The molecule has 0 bridgehead atoms. The number of anilines is 1. The molecule has 0 spiro atoms. The summed E-state index contributed by atoms with van der Waals surface area (Å²) in [5, 5.41) is 16.1. The van der Waals surface area contributed by atoms with Gasteiger partial charge in [0.25, 0.3) is 0 Å². The van der Waals surface area contributed by atoms with Gasteiger partial charge in [0.15, 0.2) is 6.04 Å². The van der Waals surface area contributed by atoms with Crippen molar-refractivity contribution in [2.24, 2.45) is 5.92 Å². The molecule has 2 atom stereocenters. The number of nitriles is 1. The van der Waals surface area contributed by atoms with E-state index in [2.05, 4.69) is 42.1 Å². The number of ether oxygens (including phenoxy) is 1. The first kappa shape index (κ1) is 30.1. The molecular formula is C33H38N4O3. The van der Waals surface area contributed by atoms with E-state index in [1.807, 2.05) is 73.7 Å². The first-order chi connectivity index (χ1) is 19.5. The van der Waals surface area contributed by atoms with E-state index < -0.39 is 6.04 Å². The lowest BCUT2D eigenvalue weighted by atomic mass is 9.96. The van der Waals surface area contributed by atoms with Gasteiger partial charge in [-0.15, -0.1) is 0 Å². The normalized spacial score (nSPS) is 13.4. The first-order valence-electron chi connectivity index (χ1n) is 13.7. The Labute approximate surface area is 237 Å². The minimum absolute atomic E-state index is 0.187. The summed E-state index contributed by atoms with van der Waals surface area (Å²) in [4.78, 5) is 18.2. The van der Waals surface area contributed by atoms with E-state index in [9.17, 15) is 10.1 Å². The predicted octanol–water partition coefficient (Wildman–Crippen LogP) is 7.00. The third-order valence-electron chi connectivity index (χ3n) is 6.68. The molecule has 1 aromatic heterocycles. The van der Waals surface area contributed by atoms with Crippen LogP contribution in [-0.2, 0) is 16.1 Å². The van der Waals surface area contributed by atoms with Gasteiger partial charge in [0, 0.05) is 18.8 Å². The highest BCUT2D eigenvalue weighted by atomic mass is 16.5. The molecule has 40 heavy (non-hydrogen) atoms. The Morgan fingerprint density at radius 1 is 1.12 bits per heavy atom. The predicted molar refractivity (Wildman–Crippen MR) is 159 cm³/mol. The van der Waals surface area contributed by atoms with E-state index in [-0.39, 0.29) is 18.0 Å². The van der Waals surface area contributed by atoms with Gasteiger partial charge in [0.1, 0.15) is 12.4 Å². The Bertz CT molecular complexity index is 1320. The Morgan fingerprint density at radius 2 is 1.80 bits per heavy atom. The van der Waals surface area contributed by atoms with Crippen LogP contribution in [-0.4, -0.2) is 23.6 Å². The molecule has 7 nitrogen and oxygen atoms in total. The summed E-state index contributed by atoms with van der Waals surface area (Å²) < 4.78 is 11.8. The summed E-state index contributed by atoms with van der Waals surface area (Å²) in [7, 11) is 0. The number of rotatable bonds is 15. The molecule has 0 fully saturated rings. The number of aromatic nitrogens is 1. The highest BCUT2D eigenvalue weighted by Gasteiger charge is 2.28. The molecule has 2 N–H and O–H groups in total. The molecule has 0 aliphatic heterocycles. The van der Waals surface area contributed by atoms with E-state index in [0.29, 0.717) is 35.8 Å². The maximum absolute atomic E-state index is 13.6. The molecule has 0 saturated carbocycles. The van der Waals surface area contributed by atoms with Crippen LogP contribution in [0.25, 0.3) is 5.57 Å². The molecule has 3 aromatic rings. The lowest BCUT2D eigenvalue weighted by molar-refractivity contribution is -0.153. The fraction of sp³-hybridized carbons (Fsp3) is 0.303. The fourth-order valence-electron chi connectivity index (χ4n) is 4.47. The van der Waals surface area contributed by atoms with E-state index in [0.717, 1.165) is 24.1 Å². The van der Waals surface area contributed by atoms with Gasteiger partial charge in [-0.2, -0.15) is 5.26 Å². The van der Waals surface area contributed by atoms with Crippen molar-refractivity contribution in [3.05, 3.63) is 114 Å². The molecule has 0 radical (unpaired) electrons. The maximum Gasteiger partial charge on any atom is 0.333 e. The number of para-hydroxylation sites is 1. The summed E-state index contributed by atoms with van der Waals surface area (Å²) >= 11 is 0. The van der Waals surface area contributed by atoms with Crippen LogP contribution in [0.2, 0.25) is 0 Å². The zero-order valence-corrected chi connectivity index (χ0v) is 23.5. The van der Waals surface area contributed by atoms with Gasteiger partial charge in [0.2, 0.25) is 5.89 Å². The van der Waals surface area contributed by atoms with Crippen LogP contribution < -0.4 is 10.6 Å². The van der Waals surface area contributed by atoms with E-state index in [4.69, 9.17) is 9.15 Å². The largest absolute Gasteiger partial charge is 0.459 e. The van der Waals surface area contributed by atoms with E-state index in [1.165, 1.54) is 6.08 Å². The molecule has 1 heterocycles. The average molecular weight is 539 g/mol. The lowest BCUT2D eigenvalue weighted by Crippen LogP contribution is -2.38. The Hall–Kier alpha value is -4.41. The van der Waals surface area contributed by atoms with Crippen LogP contribution in [0, 0.1) is 17.2 Å². The summed E-state index contributed by atoms with van der Waals surface area (Å²) in [6.45, 7) is 10.7. The number of hydrogen-bond acceptors (Lipinski definition) is 7. The fourth-order valence-corrected chi connectivity index (χ4v) is 4.47. The number of benzene rings is 2. The zero-order valence-electron chi connectivity index (χ0n) is 23.5. The quantitative estimate of drug-likeness (QED) is 0.122. The molecule has 0 saturated heterocycles. The summed E-state index contributed by atoms with van der Waals surface area (Å²) in [5.41, 5.74) is 3.32. The van der Waals surface area contributed by atoms with Gasteiger partial charge >= 0.3 is 5.97 Å². The highest BCUT2D eigenvalue weighted by Crippen LogP contribution is 2.25. The van der Waals surface area contributed by atoms with Crippen molar-refractivity contribution in [2.45, 2.75) is 52.3 Å². The van der Waals surface area contributed by atoms with Crippen molar-refractivity contribution in [3.8, 4) is 6.07 Å². The summed E-state index contributed by atoms with van der Waals surface area (Å²) in [5.74, 6) is 0.214. The summed E-state index contributed by atoms with van der Waals surface area (Å²) in [6, 6.07) is 20.7. The molecule has 0 unspecified atom stereocenters. The highest BCUT2D eigenvalue weighted by molar-refractivity contribution is 5.81. The molecule has 3 rings (SSSR count). The van der Waals surface area contributed by atoms with Gasteiger partial charge in [-0.05, 0) is 43.4 Å². The second-order valence-corrected chi connectivity index (χ2v) is 9.32. The van der Waals surface area contributed by atoms with Crippen molar-refractivity contribution >= 4 is 17.2 Å². The maximum atomic E-state index is 13.6. The van der Waals surface area contributed by atoms with Crippen molar-refractivity contribution in [1.82, 2.24) is 10.3 Å². The number of oxazole rings is 1. The standard InChI is InChI=1S/C33H38N4O3/c1-5-15-29(25(8-4)20-34)32-37-28(23-39-32)21-35-22-30(24(6-2)7-3)40-33(38)31(26-16-11-9-12-17-26)36-27-18-13-10-14-19-27/h5,8-19,23-24,30-31,35-36H,4,6-7,21-22H2,1-3H3/b15-5-,29-25-/t30-,31+/m0/s1. The lowest BCUT2D eigenvalue weighted by Gasteiger charge is -2.28. The van der Waals surface area contributed by atoms with Crippen molar-refractivity contribution in [1.29, 1.82) is 5.26 Å². The average Bonchev–Trinajstić information content (AvgIpc) is 3.46. The van der Waals surface area contributed by atoms with Crippen LogP contribution >= 0.6 is 0 Å². The zero-order chi connectivity index (χ0) is 28.7. The molecule has 208 valence electrons. The minimum Gasteiger partial charge on any atom is -0.459 e. The van der Waals surface area contributed by atoms with Gasteiger partial charge in [-0.3, -0.25) is 0 Å². The van der Waals surface area contributed by atoms with Crippen LogP contribution in [0.1, 0.15) is 56.8 Å². The van der Waals surface area contributed by atoms with Gasteiger partial charge in [0.05, 0.1) is 22.9 Å². The van der Waals surface area contributed by atoms with Crippen LogP contribution in [0.15, 0.2) is 102 Å². The Morgan fingerprint density at radius 3 is 2.40 bits per heavy atom. The number of esters is 1. The van der Waals surface area contributed by atoms with Gasteiger partial charge in [-0.1, -0.05) is 87.2 Å². The number of carbonyl (C=O) groups excluding carboxylic acids is 1. The van der Waals surface area contributed by atoms with E-state index in [1.54, 1.807) is 12.3 Å². The molecule has 0 aliphatic carbocycles. The number of allylic oxidation sites excluding steroid dienone is 5. The Kier molecular flexibility index (Phi) is 12.0. The van der Waals surface area contributed by atoms with Crippen LogP contribution in [0.3, 0.4) is 0 Å². The van der Waals surface area contributed by atoms with Crippen LogP contribution in [0.4, 0.5) is 5.69 Å². The molecule has 2 aromatic carbocycles. The third-order valence-corrected chi connectivity index (χ3v) is 6.68. The molecular weight excluding hydrogens is 500 g/mol. The first-order valence-corrected chi connectivity index (χ1v) is 13.7. The Balaban J connectivity index is 1.73. The topological polar surface area (TPSA) is 100 Å². The number of hydrogen-bond donors (Lipinski definition) is 2.